The van der Waals surface area contributed by atoms with E-state index in [4.69, 9.17) is 9.47 Å². The van der Waals surface area contributed by atoms with E-state index in [2.05, 4.69) is 16.3 Å². The molecule has 2 saturated carbocycles. The average molecular weight is 505 g/mol. The first kappa shape index (κ1) is 25.5. The van der Waals surface area contributed by atoms with E-state index >= 15 is 0 Å². The zero-order valence-electron chi connectivity index (χ0n) is 21.7. The van der Waals surface area contributed by atoms with Crippen molar-refractivity contribution in [3.8, 4) is 5.75 Å². The number of rotatable bonds is 7. The number of ether oxygens (including phenoxy) is 2. The summed E-state index contributed by atoms with van der Waals surface area (Å²) >= 11 is 0. The molecule has 1 heterocycles. The maximum absolute atomic E-state index is 13.1. The first-order valence-electron chi connectivity index (χ1n) is 13.4. The predicted octanol–water partition coefficient (Wildman–Crippen LogP) is 4.11. The van der Waals surface area contributed by atoms with Crippen molar-refractivity contribution in [1.29, 1.82) is 0 Å². The normalized spacial score (nSPS) is 27.6. The molecular weight excluding hydrogens is 468 g/mol. The lowest BCUT2D eigenvalue weighted by molar-refractivity contribution is -0.157. The molecule has 1 unspecified atom stereocenters. The summed E-state index contributed by atoms with van der Waals surface area (Å²) in [5.41, 5.74) is 1.35. The number of piperidine rings is 1. The molecule has 7 heteroatoms. The summed E-state index contributed by atoms with van der Waals surface area (Å²) in [5.74, 6) is 0.565. The number of amides is 1. The van der Waals surface area contributed by atoms with Crippen LogP contribution in [-0.4, -0.2) is 54.5 Å². The smallest absolute Gasteiger partial charge is 0.308 e. The van der Waals surface area contributed by atoms with Crippen molar-refractivity contribution in [2.24, 2.45) is 11.8 Å². The Hall–Kier alpha value is -3.19. The van der Waals surface area contributed by atoms with Crippen molar-refractivity contribution in [3.63, 3.8) is 0 Å². The van der Waals surface area contributed by atoms with E-state index in [1.807, 2.05) is 30.3 Å². The van der Waals surface area contributed by atoms with Crippen LogP contribution in [-0.2, 0) is 19.7 Å². The fourth-order valence-electron chi connectivity index (χ4n) is 6.44. The zero-order chi connectivity index (χ0) is 26.0. The summed E-state index contributed by atoms with van der Waals surface area (Å²) in [6, 6.07) is 16.8. The van der Waals surface area contributed by atoms with Gasteiger partial charge in [-0.15, -0.1) is 0 Å². The van der Waals surface area contributed by atoms with E-state index in [0.717, 1.165) is 44.0 Å². The number of esters is 2. The third kappa shape index (κ3) is 5.87. The highest BCUT2D eigenvalue weighted by molar-refractivity contribution is 5.94. The second kappa shape index (κ2) is 10.7. The van der Waals surface area contributed by atoms with Crippen molar-refractivity contribution in [2.45, 2.75) is 63.5 Å². The molecule has 0 bridgehead atoms. The number of carbonyl (C=O) groups excluding carboxylic acids is 3. The first-order valence-corrected chi connectivity index (χ1v) is 13.4. The molecule has 2 aromatic carbocycles. The average Bonchev–Trinajstić information content (AvgIpc) is 3.68. The fraction of sp³-hybridized carbons (Fsp3) is 0.500. The second-order valence-corrected chi connectivity index (χ2v) is 11.0. The Morgan fingerprint density at radius 3 is 2.51 bits per heavy atom. The molecule has 0 aromatic heterocycles. The zero-order valence-corrected chi connectivity index (χ0v) is 21.7. The third-order valence-electron chi connectivity index (χ3n) is 8.19. The molecule has 1 saturated heterocycles. The quantitative estimate of drug-likeness (QED) is 0.451. The van der Waals surface area contributed by atoms with Crippen LogP contribution in [0.3, 0.4) is 0 Å². The number of fused-ring (bicyclic) bond motifs is 1. The molecule has 5 rings (SSSR count). The maximum Gasteiger partial charge on any atom is 0.308 e. The number of hydrogen-bond acceptors (Lipinski definition) is 6. The Morgan fingerprint density at radius 2 is 1.81 bits per heavy atom. The standard InChI is InChI=1S/C30H36N2O5/c1-20(33)36-26-10-6-9-24(15-26)30-13-14-32(18-22-11-12-22)19-27(30)28(37-21(2)34)16-25(17-30)31-29(35)23-7-4-3-5-8-23/h3-10,15,22,25,27-28H,11-14,16-19H2,1-2H3,(H,31,35)/t25-,27+,28?,30+/m1/s1. The minimum Gasteiger partial charge on any atom is -0.462 e. The number of likely N-dealkylation sites (tertiary alicyclic amines) is 1. The highest BCUT2D eigenvalue weighted by Gasteiger charge is 2.54. The van der Waals surface area contributed by atoms with E-state index in [9.17, 15) is 14.4 Å². The van der Waals surface area contributed by atoms with Crippen LogP contribution >= 0.6 is 0 Å². The summed E-state index contributed by atoms with van der Waals surface area (Å²) < 4.78 is 11.4. The Balaban J connectivity index is 1.49. The molecule has 3 aliphatic rings. The molecular formula is C30H36N2O5. The van der Waals surface area contributed by atoms with Crippen LogP contribution in [0.15, 0.2) is 54.6 Å². The van der Waals surface area contributed by atoms with Crippen LogP contribution in [0.1, 0.15) is 61.9 Å². The van der Waals surface area contributed by atoms with Crippen LogP contribution in [0.2, 0.25) is 0 Å². The van der Waals surface area contributed by atoms with Gasteiger partial charge in [-0.25, -0.2) is 0 Å². The van der Waals surface area contributed by atoms with Gasteiger partial charge in [0.25, 0.3) is 5.91 Å². The van der Waals surface area contributed by atoms with Gasteiger partial charge in [0.05, 0.1) is 0 Å². The number of nitrogens with one attached hydrogen (secondary N) is 1. The number of carbonyl (C=O) groups is 3. The SMILES string of the molecule is CC(=O)Oc1cccc([C@@]23CCN(CC4CC4)C[C@H]2C(OC(C)=O)C[C@@H](NC(=O)c2ccccc2)C3)c1. The molecule has 0 radical (unpaired) electrons. The van der Waals surface area contributed by atoms with Crippen LogP contribution < -0.4 is 10.1 Å². The lowest BCUT2D eigenvalue weighted by Crippen LogP contribution is -2.61. The van der Waals surface area contributed by atoms with Gasteiger partial charge in [-0.2, -0.15) is 0 Å². The topological polar surface area (TPSA) is 84.9 Å². The largest absolute Gasteiger partial charge is 0.462 e. The molecule has 4 atom stereocenters. The van der Waals surface area contributed by atoms with E-state index in [1.165, 1.54) is 26.7 Å². The van der Waals surface area contributed by atoms with Crippen molar-refractivity contribution in [3.05, 3.63) is 65.7 Å². The highest BCUT2D eigenvalue weighted by atomic mass is 16.5. The van der Waals surface area contributed by atoms with Gasteiger partial charge in [0, 0.05) is 56.3 Å². The monoisotopic (exact) mass is 504 g/mol. The van der Waals surface area contributed by atoms with Crippen LogP contribution in [0, 0.1) is 11.8 Å². The Bertz CT molecular complexity index is 1150. The Morgan fingerprint density at radius 1 is 1.03 bits per heavy atom. The third-order valence-corrected chi connectivity index (χ3v) is 8.19. The molecule has 3 fully saturated rings. The molecule has 37 heavy (non-hydrogen) atoms. The van der Waals surface area contributed by atoms with Crippen LogP contribution in [0.5, 0.6) is 5.75 Å². The summed E-state index contributed by atoms with van der Waals surface area (Å²) in [6.07, 6.45) is 4.44. The molecule has 7 nitrogen and oxygen atoms in total. The van der Waals surface area contributed by atoms with E-state index in [0.29, 0.717) is 17.7 Å². The van der Waals surface area contributed by atoms with Gasteiger partial charge >= 0.3 is 11.9 Å². The molecule has 1 amide bonds. The lowest BCUT2D eigenvalue weighted by atomic mass is 9.56. The van der Waals surface area contributed by atoms with Gasteiger partial charge < -0.3 is 19.7 Å². The van der Waals surface area contributed by atoms with Crippen molar-refractivity contribution < 1.29 is 23.9 Å². The summed E-state index contributed by atoms with van der Waals surface area (Å²) in [7, 11) is 0. The molecule has 1 aliphatic heterocycles. The summed E-state index contributed by atoms with van der Waals surface area (Å²) in [4.78, 5) is 39.6. The lowest BCUT2D eigenvalue weighted by Gasteiger charge is -2.55. The molecule has 1 N–H and O–H groups in total. The molecule has 2 aliphatic carbocycles. The molecule has 0 spiro atoms. The minimum atomic E-state index is -0.361. The number of benzene rings is 2. The van der Waals surface area contributed by atoms with E-state index < -0.39 is 0 Å². The number of nitrogens with zero attached hydrogens (tertiary/aromatic N) is 1. The predicted molar refractivity (Wildman–Crippen MR) is 139 cm³/mol. The van der Waals surface area contributed by atoms with Crippen molar-refractivity contribution in [2.75, 3.05) is 19.6 Å². The molecule has 2 aromatic rings. The molecule has 196 valence electrons. The van der Waals surface area contributed by atoms with Gasteiger partial charge in [-0.3, -0.25) is 14.4 Å². The number of hydrogen-bond donors (Lipinski definition) is 1. The van der Waals surface area contributed by atoms with E-state index in [-0.39, 0.29) is 41.3 Å². The Labute approximate surface area is 218 Å². The van der Waals surface area contributed by atoms with E-state index in [1.54, 1.807) is 18.2 Å². The van der Waals surface area contributed by atoms with Gasteiger partial charge in [0.15, 0.2) is 0 Å². The van der Waals surface area contributed by atoms with Gasteiger partial charge in [0.2, 0.25) is 0 Å². The Kier molecular flexibility index (Phi) is 7.33. The van der Waals surface area contributed by atoms with Crippen LogP contribution in [0.4, 0.5) is 0 Å². The van der Waals surface area contributed by atoms with Crippen molar-refractivity contribution >= 4 is 17.8 Å². The maximum atomic E-state index is 13.1. The second-order valence-electron chi connectivity index (χ2n) is 11.0. The summed E-state index contributed by atoms with van der Waals surface area (Å²) in [5, 5.41) is 3.24. The van der Waals surface area contributed by atoms with Gasteiger partial charge in [-0.05, 0) is 68.0 Å². The van der Waals surface area contributed by atoms with Gasteiger partial charge in [0.1, 0.15) is 11.9 Å². The first-order chi connectivity index (χ1) is 17.8. The van der Waals surface area contributed by atoms with Crippen LogP contribution in [0.25, 0.3) is 0 Å². The summed E-state index contributed by atoms with van der Waals surface area (Å²) in [6.45, 7) is 5.72. The highest BCUT2D eigenvalue weighted by Crippen LogP contribution is 2.51. The fourth-order valence-corrected chi connectivity index (χ4v) is 6.44. The minimum absolute atomic E-state index is 0.0707. The van der Waals surface area contributed by atoms with Gasteiger partial charge in [-0.1, -0.05) is 30.3 Å². The van der Waals surface area contributed by atoms with Crippen molar-refractivity contribution in [1.82, 2.24) is 10.2 Å².